The van der Waals surface area contributed by atoms with Crippen LogP contribution in [0.4, 0.5) is 10.1 Å². The number of anilines is 1. The molecule has 0 saturated heterocycles. The summed E-state index contributed by atoms with van der Waals surface area (Å²) in [6, 6.07) is 9.12. The molecule has 0 spiro atoms. The molecule has 1 aromatic heterocycles. The van der Waals surface area contributed by atoms with Crippen LogP contribution in [0.1, 0.15) is 15.9 Å². The van der Waals surface area contributed by atoms with Crippen LogP contribution in [0.3, 0.4) is 0 Å². The molecule has 0 fully saturated rings. The van der Waals surface area contributed by atoms with E-state index in [1.807, 2.05) is 0 Å². The Hall–Kier alpha value is -2.82. The van der Waals surface area contributed by atoms with E-state index in [1.54, 1.807) is 30.5 Å². The van der Waals surface area contributed by atoms with Crippen LogP contribution in [0.15, 0.2) is 42.6 Å². The Kier molecular flexibility index (Phi) is 3.10. The van der Waals surface area contributed by atoms with Gasteiger partial charge in [-0.15, -0.1) is 0 Å². The van der Waals surface area contributed by atoms with Crippen LogP contribution < -0.4 is 10.5 Å². The van der Waals surface area contributed by atoms with Crippen LogP contribution in [-0.4, -0.2) is 17.9 Å². The van der Waals surface area contributed by atoms with Crippen molar-refractivity contribution in [2.45, 2.75) is 0 Å². The lowest BCUT2D eigenvalue weighted by Gasteiger charge is -2.08. The summed E-state index contributed by atoms with van der Waals surface area (Å²) in [6.45, 7) is 0. The van der Waals surface area contributed by atoms with E-state index in [0.717, 1.165) is 0 Å². The van der Waals surface area contributed by atoms with Crippen molar-refractivity contribution >= 4 is 22.4 Å². The Bertz CT molecular complexity index is 839. The molecule has 0 aliphatic carbocycles. The first-order valence-corrected chi connectivity index (χ1v) is 6.35. The molecule has 0 aliphatic rings. The minimum absolute atomic E-state index is 0.268. The number of nitrogen functional groups attached to an aromatic ring is 1. The molecule has 3 aromatic rings. The van der Waals surface area contributed by atoms with Crippen molar-refractivity contribution in [3.8, 4) is 5.75 Å². The topological polar surface area (TPSA) is 68.1 Å². The number of nitrogens with one attached hydrogen (secondary N) is 1. The number of hydrogen-bond donors (Lipinski definition) is 2. The summed E-state index contributed by atoms with van der Waals surface area (Å²) < 4.78 is 18.6. The van der Waals surface area contributed by atoms with E-state index < -0.39 is 5.82 Å². The quantitative estimate of drug-likeness (QED) is 0.573. The third-order valence-corrected chi connectivity index (χ3v) is 3.36. The predicted octanol–water partition coefficient (Wildman–Crippen LogP) is 3.13. The molecule has 2 aromatic carbocycles. The number of benzene rings is 2. The summed E-state index contributed by atoms with van der Waals surface area (Å²) in [5, 5.41) is 0.532. The number of nitrogens with two attached hydrogens (primary N) is 1. The molecule has 3 rings (SSSR count). The second-order valence-corrected chi connectivity index (χ2v) is 4.68. The summed E-state index contributed by atoms with van der Waals surface area (Å²) in [5.74, 6) is -0.230. The van der Waals surface area contributed by atoms with E-state index in [4.69, 9.17) is 10.5 Å². The maximum Gasteiger partial charge on any atom is 0.198 e. The van der Waals surface area contributed by atoms with Crippen LogP contribution in [0.5, 0.6) is 5.75 Å². The molecule has 0 unspecified atom stereocenters. The molecule has 0 bridgehead atoms. The van der Waals surface area contributed by atoms with Gasteiger partial charge in [-0.3, -0.25) is 4.79 Å². The summed E-state index contributed by atoms with van der Waals surface area (Å²) in [6.07, 6.45) is 1.56. The average molecular weight is 284 g/mol. The maximum atomic E-state index is 13.4. The highest BCUT2D eigenvalue weighted by Crippen LogP contribution is 2.27. The summed E-state index contributed by atoms with van der Waals surface area (Å²) in [4.78, 5) is 15.6. The van der Waals surface area contributed by atoms with Crippen molar-refractivity contribution < 1.29 is 13.9 Å². The molecule has 1 heterocycles. The van der Waals surface area contributed by atoms with E-state index in [2.05, 4.69) is 4.98 Å². The van der Waals surface area contributed by atoms with Crippen LogP contribution in [-0.2, 0) is 0 Å². The van der Waals surface area contributed by atoms with Crippen LogP contribution in [0.2, 0.25) is 0 Å². The van der Waals surface area contributed by atoms with Crippen molar-refractivity contribution in [3.05, 3.63) is 59.5 Å². The van der Waals surface area contributed by atoms with Gasteiger partial charge in [0.05, 0.1) is 12.7 Å². The first kappa shape index (κ1) is 13.2. The molecular weight excluding hydrogens is 271 g/mol. The Morgan fingerprint density at radius 3 is 2.76 bits per heavy atom. The fourth-order valence-electron chi connectivity index (χ4n) is 2.33. The number of carbonyl (C=O) groups excluding carboxylic acids is 1. The Balaban J connectivity index is 2.17. The van der Waals surface area contributed by atoms with E-state index in [0.29, 0.717) is 33.5 Å². The number of aromatic amines is 1. The number of halogens is 1. The molecule has 0 saturated carbocycles. The smallest absolute Gasteiger partial charge is 0.198 e. The SMILES string of the molecule is COc1ccc(N)cc1C(=O)c1c[nH]c2ccc(F)cc12. The molecular formula is C16H13FN2O2. The molecule has 0 radical (unpaired) electrons. The Labute approximate surface area is 120 Å². The molecule has 106 valence electrons. The zero-order chi connectivity index (χ0) is 15.0. The normalized spacial score (nSPS) is 10.8. The predicted molar refractivity (Wildman–Crippen MR) is 79.1 cm³/mol. The number of ether oxygens (including phenoxy) is 1. The van der Waals surface area contributed by atoms with Crippen molar-refractivity contribution in [3.63, 3.8) is 0 Å². The Morgan fingerprint density at radius 2 is 2.00 bits per heavy atom. The molecule has 0 amide bonds. The van der Waals surface area contributed by atoms with Gasteiger partial charge < -0.3 is 15.5 Å². The third-order valence-electron chi connectivity index (χ3n) is 3.36. The van der Waals surface area contributed by atoms with Gasteiger partial charge >= 0.3 is 0 Å². The molecule has 21 heavy (non-hydrogen) atoms. The maximum absolute atomic E-state index is 13.4. The monoisotopic (exact) mass is 284 g/mol. The number of ketones is 1. The lowest BCUT2D eigenvalue weighted by molar-refractivity contribution is 0.103. The van der Waals surface area contributed by atoms with Gasteiger partial charge in [0, 0.05) is 28.4 Å². The summed E-state index contributed by atoms with van der Waals surface area (Å²) in [7, 11) is 1.48. The lowest BCUT2D eigenvalue weighted by Crippen LogP contribution is -2.04. The minimum atomic E-state index is -0.393. The number of H-pyrrole nitrogens is 1. The highest BCUT2D eigenvalue weighted by atomic mass is 19.1. The molecule has 3 N–H and O–H groups in total. The van der Waals surface area contributed by atoms with Crippen LogP contribution in [0, 0.1) is 5.82 Å². The highest BCUT2D eigenvalue weighted by molar-refractivity contribution is 6.17. The number of fused-ring (bicyclic) bond motifs is 1. The number of hydrogen-bond acceptors (Lipinski definition) is 3. The lowest BCUT2D eigenvalue weighted by atomic mass is 10.0. The van der Waals surface area contributed by atoms with Gasteiger partial charge in [0.25, 0.3) is 0 Å². The van der Waals surface area contributed by atoms with Gasteiger partial charge in [-0.1, -0.05) is 0 Å². The van der Waals surface area contributed by atoms with Crippen molar-refractivity contribution in [2.75, 3.05) is 12.8 Å². The zero-order valence-corrected chi connectivity index (χ0v) is 11.3. The van der Waals surface area contributed by atoms with Crippen LogP contribution >= 0.6 is 0 Å². The minimum Gasteiger partial charge on any atom is -0.496 e. The highest BCUT2D eigenvalue weighted by Gasteiger charge is 2.18. The molecule has 0 atom stereocenters. The molecule has 0 aliphatic heterocycles. The summed E-state index contributed by atoms with van der Waals surface area (Å²) >= 11 is 0. The number of carbonyl (C=O) groups is 1. The average Bonchev–Trinajstić information content (AvgIpc) is 2.89. The Morgan fingerprint density at radius 1 is 1.19 bits per heavy atom. The molecule has 5 heteroatoms. The van der Waals surface area contributed by atoms with Gasteiger partial charge in [0.2, 0.25) is 0 Å². The van der Waals surface area contributed by atoms with E-state index in [-0.39, 0.29) is 5.78 Å². The van der Waals surface area contributed by atoms with Crippen LogP contribution in [0.25, 0.3) is 10.9 Å². The van der Waals surface area contributed by atoms with Crippen molar-refractivity contribution in [1.82, 2.24) is 4.98 Å². The first-order chi connectivity index (χ1) is 10.1. The van der Waals surface area contributed by atoms with Gasteiger partial charge in [0.1, 0.15) is 11.6 Å². The van der Waals surface area contributed by atoms with Gasteiger partial charge in [-0.05, 0) is 36.4 Å². The molecule has 4 nitrogen and oxygen atoms in total. The second kappa shape index (κ2) is 4.94. The second-order valence-electron chi connectivity index (χ2n) is 4.68. The number of aromatic nitrogens is 1. The van der Waals surface area contributed by atoms with Gasteiger partial charge in [-0.2, -0.15) is 0 Å². The fraction of sp³-hybridized carbons (Fsp3) is 0.0625. The number of rotatable bonds is 3. The first-order valence-electron chi connectivity index (χ1n) is 6.35. The van der Waals surface area contributed by atoms with Crippen molar-refractivity contribution in [1.29, 1.82) is 0 Å². The van der Waals surface area contributed by atoms with Gasteiger partial charge in [0.15, 0.2) is 5.78 Å². The standard InChI is InChI=1S/C16H13FN2O2/c1-21-15-5-3-10(18)7-12(15)16(20)13-8-19-14-4-2-9(17)6-11(13)14/h2-8,19H,18H2,1H3. The fourth-order valence-corrected chi connectivity index (χ4v) is 2.33. The van der Waals surface area contributed by atoms with E-state index >= 15 is 0 Å². The summed E-state index contributed by atoms with van der Waals surface area (Å²) in [5.41, 5.74) is 7.63. The largest absolute Gasteiger partial charge is 0.496 e. The third kappa shape index (κ3) is 2.23. The van der Waals surface area contributed by atoms with E-state index in [1.165, 1.54) is 19.2 Å². The van der Waals surface area contributed by atoms with E-state index in [9.17, 15) is 9.18 Å². The number of methoxy groups -OCH3 is 1. The van der Waals surface area contributed by atoms with Crippen molar-refractivity contribution in [2.24, 2.45) is 0 Å². The van der Waals surface area contributed by atoms with Gasteiger partial charge in [-0.25, -0.2) is 4.39 Å². The zero-order valence-electron chi connectivity index (χ0n) is 11.3.